The van der Waals surface area contributed by atoms with Crippen molar-refractivity contribution in [3.8, 4) is 0 Å². The summed E-state index contributed by atoms with van der Waals surface area (Å²) in [6.45, 7) is 1.97. The highest BCUT2D eigenvalue weighted by atomic mass is 35.5. The van der Waals surface area contributed by atoms with Gasteiger partial charge in [0, 0.05) is 23.2 Å². The summed E-state index contributed by atoms with van der Waals surface area (Å²) in [5.41, 5.74) is 0.327. The maximum absolute atomic E-state index is 13.7. The highest BCUT2D eigenvalue weighted by Crippen LogP contribution is 2.27. The molecular weight excluding hydrogens is 268 g/mol. The van der Waals surface area contributed by atoms with Crippen LogP contribution in [0.5, 0.6) is 0 Å². The van der Waals surface area contributed by atoms with Crippen LogP contribution in [0.25, 0.3) is 0 Å². The van der Waals surface area contributed by atoms with Gasteiger partial charge in [-0.1, -0.05) is 23.2 Å². The number of carboxylic acids is 1. The summed E-state index contributed by atoms with van der Waals surface area (Å²) < 4.78 is 13.7. The molecule has 1 unspecified atom stereocenters. The van der Waals surface area contributed by atoms with Gasteiger partial charge in [-0.2, -0.15) is 0 Å². The van der Waals surface area contributed by atoms with Crippen LogP contribution in [0.3, 0.4) is 0 Å². The van der Waals surface area contributed by atoms with Crippen molar-refractivity contribution < 1.29 is 14.3 Å². The van der Waals surface area contributed by atoms with Crippen LogP contribution >= 0.6 is 23.2 Å². The summed E-state index contributed by atoms with van der Waals surface area (Å²) in [5, 5.41) is 11.7. The van der Waals surface area contributed by atoms with E-state index in [1.807, 2.05) is 0 Å². The standard InChI is InChI=1S/C11H12Cl2FNO2/c1-6(15-3-2-10(16)17)8-4-7(12)5-9(13)11(8)14/h4-6,15H,2-3H2,1H3,(H,16,17). The molecule has 0 spiro atoms. The minimum absolute atomic E-state index is 0.0275. The second-order valence-electron chi connectivity index (χ2n) is 3.61. The van der Waals surface area contributed by atoms with Gasteiger partial charge in [-0.25, -0.2) is 4.39 Å². The van der Waals surface area contributed by atoms with Crippen LogP contribution in [-0.4, -0.2) is 17.6 Å². The van der Waals surface area contributed by atoms with Gasteiger partial charge in [0.25, 0.3) is 0 Å². The van der Waals surface area contributed by atoms with Crippen LogP contribution in [0.2, 0.25) is 10.0 Å². The molecular formula is C11H12Cl2FNO2. The van der Waals surface area contributed by atoms with Gasteiger partial charge in [0.2, 0.25) is 0 Å². The number of aliphatic carboxylic acids is 1. The first kappa shape index (κ1) is 14.2. The Bertz CT molecular complexity index is 426. The summed E-state index contributed by atoms with van der Waals surface area (Å²) in [7, 11) is 0. The van der Waals surface area contributed by atoms with Crippen molar-refractivity contribution in [2.75, 3.05) is 6.54 Å². The highest BCUT2D eigenvalue weighted by Gasteiger charge is 2.14. The van der Waals surface area contributed by atoms with E-state index in [1.165, 1.54) is 12.1 Å². The highest BCUT2D eigenvalue weighted by molar-refractivity contribution is 6.34. The Labute approximate surface area is 109 Å². The SMILES string of the molecule is CC(NCCC(=O)O)c1cc(Cl)cc(Cl)c1F. The van der Waals surface area contributed by atoms with Crippen LogP contribution in [-0.2, 0) is 4.79 Å². The van der Waals surface area contributed by atoms with E-state index in [0.29, 0.717) is 10.6 Å². The van der Waals surface area contributed by atoms with Crippen molar-refractivity contribution in [3.05, 3.63) is 33.6 Å². The Morgan fingerprint density at radius 3 is 2.76 bits per heavy atom. The van der Waals surface area contributed by atoms with E-state index in [-0.39, 0.29) is 24.0 Å². The smallest absolute Gasteiger partial charge is 0.304 e. The molecule has 1 rings (SSSR count). The molecule has 0 saturated heterocycles. The lowest BCUT2D eigenvalue weighted by molar-refractivity contribution is -0.136. The fourth-order valence-electron chi connectivity index (χ4n) is 1.40. The number of halogens is 3. The van der Waals surface area contributed by atoms with Gasteiger partial charge >= 0.3 is 5.97 Å². The zero-order chi connectivity index (χ0) is 13.0. The molecule has 0 aliphatic heterocycles. The minimum Gasteiger partial charge on any atom is -0.481 e. The molecule has 6 heteroatoms. The van der Waals surface area contributed by atoms with Crippen LogP contribution in [0, 0.1) is 5.82 Å². The molecule has 0 saturated carbocycles. The first-order chi connectivity index (χ1) is 7.91. The molecule has 0 fully saturated rings. The van der Waals surface area contributed by atoms with Gasteiger partial charge in [-0.3, -0.25) is 4.79 Å². The number of rotatable bonds is 5. The molecule has 94 valence electrons. The molecule has 0 amide bonds. The molecule has 0 heterocycles. The fourth-order valence-corrected chi connectivity index (χ4v) is 1.91. The van der Waals surface area contributed by atoms with Crippen molar-refractivity contribution in [1.82, 2.24) is 5.32 Å². The zero-order valence-corrected chi connectivity index (χ0v) is 10.6. The lowest BCUT2D eigenvalue weighted by Crippen LogP contribution is -2.22. The van der Waals surface area contributed by atoms with Gasteiger partial charge in [-0.05, 0) is 19.1 Å². The topological polar surface area (TPSA) is 49.3 Å². The Kier molecular flexibility index (Phi) is 5.18. The van der Waals surface area contributed by atoms with Gasteiger partial charge in [-0.15, -0.1) is 0 Å². The van der Waals surface area contributed by atoms with Gasteiger partial charge in [0.1, 0.15) is 5.82 Å². The number of benzene rings is 1. The number of hydrogen-bond acceptors (Lipinski definition) is 2. The van der Waals surface area contributed by atoms with Crippen molar-refractivity contribution in [3.63, 3.8) is 0 Å². The predicted octanol–water partition coefficient (Wildman–Crippen LogP) is 3.26. The summed E-state index contributed by atoms with van der Waals surface area (Å²) in [5.74, 6) is -1.44. The van der Waals surface area contributed by atoms with Crippen molar-refractivity contribution in [2.45, 2.75) is 19.4 Å². The van der Waals surface area contributed by atoms with Crippen molar-refractivity contribution >= 4 is 29.2 Å². The molecule has 0 aliphatic rings. The van der Waals surface area contributed by atoms with Crippen LogP contribution in [0.1, 0.15) is 24.9 Å². The van der Waals surface area contributed by atoms with E-state index in [9.17, 15) is 9.18 Å². The quantitative estimate of drug-likeness (QED) is 0.814. The molecule has 0 radical (unpaired) electrons. The van der Waals surface area contributed by atoms with Gasteiger partial charge in [0.15, 0.2) is 0 Å². The number of carboxylic acid groups (broad SMARTS) is 1. The minimum atomic E-state index is -0.908. The van der Waals surface area contributed by atoms with Gasteiger partial charge < -0.3 is 10.4 Å². The molecule has 17 heavy (non-hydrogen) atoms. The molecule has 1 aromatic rings. The molecule has 0 aliphatic carbocycles. The normalized spacial score (nSPS) is 12.5. The molecule has 1 aromatic carbocycles. The monoisotopic (exact) mass is 279 g/mol. The van der Waals surface area contributed by atoms with Crippen molar-refractivity contribution in [1.29, 1.82) is 0 Å². The van der Waals surface area contributed by atoms with Crippen LogP contribution in [0.4, 0.5) is 4.39 Å². The Balaban J connectivity index is 2.74. The summed E-state index contributed by atoms with van der Waals surface area (Å²) in [4.78, 5) is 10.3. The maximum atomic E-state index is 13.7. The fraction of sp³-hybridized carbons (Fsp3) is 0.364. The first-order valence-electron chi connectivity index (χ1n) is 5.01. The summed E-state index contributed by atoms with van der Waals surface area (Å²) >= 11 is 11.4. The van der Waals surface area contributed by atoms with E-state index >= 15 is 0 Å². The van der Waals surface area contributed by atoms with Crippen LogP contribution < -0.4 is 5.32 Å². The second kappa shape index (κ2) is 6.19. The molecule has 2 N–H and O–H groups in total. The predicted molar refractivity (Wildman–Crippen MR) is 65.1 cm³/mol. The average Bonchev–Trinajstić information content (AvgIpc) is 2.22. The molecule has 3 nitrogen and oxygen atoms in total. The lowest BCUT2D eigenvalue weighted by Gasteiger charge is -2.15. The number of hydrogen-bond donors (Lipinski definition) is 2. The molecule has 0 bridgehead atoms. The largest absolute Gasteiger partial charge is 0.481 e. The summed E-state index contributed by atoms with van der Waals surface area (Å²) in [6, 6.07) is 2.44. The third kappa shape index (κ3) is 4.15. The Morgan fingerprint density at radius 2 is 2.18 bits per heavy atom. The maximum Gasteiger partial charge on any atom is 0.304 e. The third-order valence-electron chi connectivity index (χ3n) is 2.28. The van der Waals surface area contributed by atoms with Crippen molar-refractivity contribution in [2.24, 2.45) is 0 Å². The van der Waals surface area contributed by atoms with E-state index < -0.39 is 11.8 Å². The van der Waals surface area contributed by atoms with Crippen LogP contribution in [0.15, 0.2) is 12.1 Å². The number of carbonyl (C=O) groups is 1. The van der Waals surface area contributed by atoms with E-state index in [1.54, 1.807) is 6.92 Å². The second-order valence-corrected chi connectivity index (χ2v) is 4.45. The van der Waals surface area contributed by atoms with E-state index in [4.69, 9.17) is 28.3 Å². The van der Waals surface area contributed by atoms with E-state index in [2.05, 4.69) is 5.32 Å². The zero-order valence-electron chi connectivity index (χ0n) is 9.14. The average molecular weight is 280 g/mol. The lowest BCUT2D eigenvalue weighted by atomic mass is 10.1. The Morgan fingerprint density at radius 1 is 1.53 bits per heavy atom. The molecule has 1 atom stereocenters. The van der Waals surface area contributed by atoms with Gasteiger partial charge in [0.05, 0.1) is 11.4 Å². The van der Waals surface area contributed by atoms with E-state index in [0.717, 1.165) is 0 Å². The third-order valence-corrected chi connectivity index (χ3v) is 2.77. The molecule has 0 aromatic heterocycles. The first-order valence-corrected chi connectivity index (χ1v) is 5.77. The Hall–Kier alpha value is -0.840. The summed E-state index contributed by atoms with van der Waals surface area (Å²) in [6.07, 6.45) is -0.0275. The number of nitrogens with one attached hydrogen (secondary N) is 1.